The van der Waals surface area contributed by atoms with Crippen molar-refractivity contribution in [1.29, 1.82) is 0 Å². The molecule has 0 fully saturated rings. The van der Waals surface area contributed by atoms with E-state index in [2.05, 4.69) is 32.4 Å². The highest BCUT2D eigenvalue weighted by Crippen LogP contribution is 2.13. The van der Waals surface area contributed by atoms with Crippen LogP contribution >= 0.6 is 0 Å². The maximum absolute atomic E-state index is 13.3. The Bertz CT molecular complexity index is 856. The van der Waals surface area contributed by atoms with Crippen molar-refractivity contribution >= 4 is 23.5 Å². The fraction of sp³-hybridized carbons (Fsp3) is 0.455. The summed E-state index contributed by atoms with van der Waals surface area (Å²) in [5, 5.41) is 5.29. The second-order valence-electron chi connectivity index (χ2n) is 7.19. The minimum atomic E-state index is -0.801. The summed E-state index contributed by atoms with van der Waals surface area (Å²) in [4.78, 5) is 35.6. The van der Waals surface area contributed by atoms with Gasteiger partial charge in [0.25, 0.3) is 0 Å². The number of carbonyl (C=O) groups excluding carboxylic acids is 2. The largest absolute Gasteiger partial charge is 0.356 e. The molecule has 2 N–H and O–H groups in total. The van der Waals surface area contributed by atoms with Crippen LogP contribution in [-0.4, -0.2) is 40.9 Å². The quantitative estimate of drug-likeness (QED) is 0.567. The van der Waals surface area contributed by atoms with E-state index in [1.807, 2.05) is 13.8 Å². The van der Waals surface area contributed by atoms with Gasteiger partial charge in [0.1, 0.15) is 23.5 Å². The minimum absolute atomic E-state index is 0.194. The molecular weight excluding hydrogens is 404 g/mol. The summed E-state index contributed by atoms with van der Waals surface area (Å²) in [5.74, 6) is -1.43. The van der Waals surface area contributed by atoms with Gasteiger partial charge in [-0.2, -0.15) is 0 Å². The molecule has 2 rings (SSSR count). The Labute approximate surface area is 181 Å². The van der Waals surface area contributed by atoms with E-state index in [4.69, 9.17) is 0 Å². The lowest BCUT2D eigenvalue weighted by atomic mass is 10.1. The van der Waals surface area contributed by atoms with E-state index in [1.165, 1.54) is 6.20 Å². The molecule has 7 nitrogen and oxygen atoms in total. The first-order chi connectivity index (χ1) is 14.9. The van der Waals surface area contributed by atoms with Gasteiger partial charge in [0.15, 0.2) is 5.82 Å². The molecule has 0 radical (unpaired) electrons. The topological polar surface area (TPSA) is 87.2 Å². The van der Waals surface area contributed by atoms with Gasteiger partial charge in [-0.1, -0.05) is 20.3 Å². The van der Waals surface area contributed by atoms with Gasteiger partial charge in [0.05, 0.1) is 18.8 Å². The average molecular weight is 434 g/mol. The van der Waals surface area contributed by atoms with Crippen molar-refractivity contribution in [3.8, 4) is 0 Å². The molecule has 2 amide bonds. The second kappa shape index (κ2) is 11.9. The van der Waals surface area contributed by atoms with Gasteiger partial charge in [-0.3, -0.25) is 9.59 Å². The SMILES string of the molecule is CCCC(NC(=O)Cc1cc(F)cc(F)c1)C(=O)Nc1cnc(N(CC)CCC)cn1. The maximum atomic E-state index is 13.3. The third-order valence-electron chi connectivity index (χ3n) is 4.60. The summed E-state index contributed by atoms with van der Waals surface area (Å²) in [6, 6.07) is 2.12. The van der Waals surface area contributed by atoms with Crippen LogP contribution in [0.25, 0.3) is 0 Å². The molecular formula is C22H29F2N5O2. The standard InChI is InChI=1S/C22H29F2N5O2/c1-4-7-18(27-21(30)11-15-9-16(23)12-17(24)10-15)22(31)28-19-13-26-20(14-25-19)29(6-3)8-5-2/h9-10,12-14,18H,4-8,11H2,1-3H3,(H,27,30)(H,25,28,31). The first kappa shape index (κ1) is 24.2. The Balaban J connectivity index is 2.00. The number of hydrogen-bond donors (Lipinski definition) is 2. The van der Waals surface area contributed by atoms with Gasteiger partial charge in [-0.25, -0.2) is 18.7 Å². The highest BCUT2D eigenvalue weighted by atomic mass is 19.1. The van der Waals surface area contributed by atoms with Crippen molar-refractivity contribution in [1.82, 2.24) is 15.3 Å². The highest BCUT2D eigenvalue weighted by Gasteiger charge is 2.21. The Morgan fingerprint density at radius 1 is 1.03 bits per heavy atom. The zero-order valence-electron chi connectivity index (χ0n) is 18.1. The van der Waals surface area contributed by atoms with Crippen LogP contribution in [0.15, 0.2) is 30.6 Å². The second-order valence-corrected chi connectivity index (χ2v) is 7.19. The van der Waals surface area contributed by atoms with Gasteiger partial charge in [0, 0.05) is 19.2 Å². The van der Waals surface area contributed by atoms with Gasteiger partial charge in [0.2, 0.25) is 11.8 Å². The molecule has 1 unspecified atom stereocenters. The molecule has 0 aliphatic heterocycles. The maximum Gasteiger partial charge on any atom is 0.248 e. The van der Waals surface area contributed by atoms with Gasteiger partial charge >= 0.3 is 0 Å². The van der Waals surface area contributed by atoms with Crippen molar-refractivity contribution < 1.29 is 18.4 Å². The van der Waals surface area contributed by atoms with Crippen molar-refractivity contribution in [3.05, 3.63) is 47.8 Å². The van der Waals surface area contributed by atoms with Crippen molar-refractivity contribution in [3.63, 3.8) is 0 Å². The monoisotopic (exact) mass is 433 g/mol. The normalized spacial score (nSPS) is 11.6. The number of halogens is 2. The Kier molecular flexibility index (Phi) is 9.30. The fourth-order valence-corrected chi connectivity index (χ4v) is 3.17. The van der Waals surface area contributed by atoms with Crippen LogP contribution in [0.1, 0.15) is 45.6 Å². The number of anilines is 2. The van der Waals surface area contributed by atoms with E-state index in [0.717, 1.165) is 43.5 Å². The molecule has 0 spiro atoms. The number of amides is 2. The zero-order valence-corrected chi connectivity index (χ0v) is 18.1. The predicted molar refractivity (Wildman–Crippen MR) is 116 cm³/mol. The summed E-state index contributed by atoms with van der Waals surface area (Å²) >= 11 is 0. The number of rotatable bonds is 11. The van der Waals surface area contributed by atoms with Crippen molar-refractivity contribution in [2.24, 2.45) is 0 Å². The van der Waals surface area contributed by atoms with E-state index < -0.39 is 29.5 Å². The summed E-state index contributed by atoms with van der Waals surface area (Å²) in [6.07, 6.45) is 4.88. The van der Waals surface area contributed by atoms with Crippen LogP contribution < -0.4 is 15.5 Å². The number of nitrogens with zero attached hydrogens (tertiary/aromatic N) is 3. The fourth-order valence-electron chi connectivity index (χ4n) is 3.17. The molecule has 168 valence electrons. The lowest BCUT2D eigenvalue weighted by molar-refractivity contribution is -0.126. The Morgan fingerprint density at radius 2 is 1.74 bits per heavy atom. The summed E-state index contributed by atoms with van der Waals surface area (Å²) < 4.78 is 26.6. The van der Waals surface area contributed by atoms with Crippen LogP contribution in [0.3, 0.4) is 0 Å². The number of carbonyl (C=O) groups is 2. The lowest BCUT2D eigenvalue weighted by Crippen LogP contribution is -2.44. The molecule has 31 heavy (non-hydrogen) atoms. The summed E-state index contributed by atoms with van der Waals surface area (Å²) in [6.45, 7) is 7.65. The molecule has 9 heteroatoms. The molecule has 0 bridgehead atoms. The Morgan fingerprint density at radius 3 is 2.29 bits per heavy atom. The van der Waals surface area contributed by atoms with Crippen molar-refractivity contribution in [2.45, 2.75) is 52.5 Å². The van der Waals surface area contributed by atoms with Gasteiger partial charge in [-0.05, 0) is 37.5 Å². The van der Waals surface area contributed by atoms with Crippen LogP contribution in [0.5, 0.6) is 0 Å². The average Bonchev–Trinajstić information content (AvgIpc) is 2.71. The van der Waals surface area contributed by atoms with E-state index >= 15 is 0 Å². The smallest absolute Gasteiger partial charge is 0.248 e. The van der Waals surface area contributed by atoms with Crippen LogP contribution in [-0.2, 0) is 16.0 Å². The van der Waals surface area contributed by atoms with Gasteiger partial charge in [-0.15, -0.1) is 0 Å². The van der Waals surface area contributed by atoms with Crippen LogP contribution in [0, 0.1) is 11.6 Å². The third-order valence-corrected chi connectivity index (χ3v) is 4.60. The van der Waals surface area contributed by atoms with Gasteiger partial charge < -0.3 is 15.5 Å². The molecule has 0 aliphatic carbocycles. The summed E-state index contributed by atoms with van der Waals surface area (Å²) in [5.41, 5.74) is 0.194. The third kappa shape index (κ3) is 7.58. The molecule has 0 saturated carbocycles. The van der Waals surface area contributed by atoms with Crippen LogP contribution in [0.2, 0.25) is 0 Å². The number of hydrogen-bond acceptors (Lipinski definition) is 5. The number of aromatic nitrogens is 2. The molecule has 0 aliphatic rings. The Hall–Kier alpha value is -3.10. The van der Waals surface area contributed by atoms with Crippen molar-refractivity contribution in [2.75, 3.05) is 23.3 Å². The lowest BCUT2D eigenvalue weighted by Gasteiger charge is -2.21. The van der Waals surface area contributed by atoms with E-state index in [0.29, 0.717) is 12.8 Å². The molecule has 2 aromatic rings. The molecule has 0 saturated heterocycles. The first-order valence-electron chi connectivity index (χ1n) is 10.5. The number of nitrogens with one attached hydrogen (secondary N) is 2. The van der Waals surface area contributed by atoms with Crippen LogP contribution in [0.4, 0.5) is 20.4 Å². The highest BCUT2D eigenvalue weighted by molar-refractivity contribution is 5.96. The molecule has 1 atom stereocenters. The molecule has 1 heterocycles. The zero-order chi connectivity index (χ0) is 22.8. The predicted octanol–water partition coefficient (Wildman–Crippen LogP) is 3.46. The molecule has 1 aromatic carbocycles. The molecule has 1 aromatic heterocycles. The van der Waals surface area contributed by atoms with E-state index in [9.17, 15) is 18.4 Å². The minimum Gasteiger partial charge on any atom is -0.356 e. The number of benzene rings is 1. The first-order valence-corrected chi connectivity index (χ1v) is 10.5. The van der Waals surface area contributed by atoms with E-state index in [1.54, 1.807) is 6.20 Å². The summed E-state index contributed by atoms with van der Waals surface area (Å²) in [7, 11) is 0. The van der Waals surface area contributed by atoms with E-state index in [-0.39, 0.29) is 17.8 Å².